The van der Waals surface area contributed by atoms with E-state index in [1.165, 1.54) is 0 Å². The van der Waals surface area contributed by atoms with Crippen molar-refractivity contribution in [1.82, 2.24) is 9.97 Å². The molecule has 1 N–H and O–H groups in total. The molecule has 5 nitrogen and oxygen atoms in total. The first-order valence-corrected chi connectivity index (χ1v) is 6.42. The minimum Gasteiger partial charge on any atom is -0.481 e. The predicted molar refractivity (Wildman–Crippen MR) is 72.1 cm³/mol. The SMILES string of the molecule is O=C(O)C1CCCN(c2ccnc3ccncc23)C1. The van der Waals surface area contributed by atoms with Crippen LogP contribution < -0.4 is 4.90 Å². The lowest BCUT2D eigenvalue weighted by atomic mass is 9.97. The molecule has 0 saturated carbocycles. The number of carboxylic acids is 1. The molecule has 5 heteroatoms. The molecule has 98 valence electrons. The van der Waals surface area contributed by atoms with Crippen molar-refractivity contribution < 1.29 is 9.90 Å². The molecule has 1 aliphatic rings. The Balaban J connectivity index is 1.97. The number of piperidine rings is 1. The predicted octanol–water partition coefficient (Wildman–Crippen LogP) is 1.93. The maximum atomic E-state index is 11.1. The molecule has 0 radical (unpaired) electrons. The molecule has 19 heavy (non-hydrogen) atoms. The van der Waals surface area contributed by atoms with Crippen molar-refractivity contribution in [3.8, 4) is 0 Å². The summed E-state index contributed by atoms with van der Waals surface area (Å²) in [5, 5.41) is 10.1. The quantitative estimate of drug-likeness (QED) is 0.890. The van der Waals surface area contributed by atoms with E-state index in [0.717, 1.165) is 36.0 Å². The van der Waals surface area contributed by atoms with E-state index in [4.69, 9.17) is 5.11 Å². The van der Waals surface area contributed by atoms with E-state index in [0.29, 0.717) is 6.54 Å². The fourth-order valence-electron chi connectivity index (χ4n) is 2.65. The number of fused-ring (bicyclic) bond motifs is 1. The second kappa shape index (κ2) is 4.84. The number of carbonyl (C=O) groups is 1. The maximum absolute atomic E-state index is 11.1. The lowest BCUT2D eigenvalue weighted by Crippen LogP contribution is -2.38. The van der Waals surface area contributed by atoms with Gasteiger partial charge in [-0.05, 0) is 25.0 Å². The van der Waals surface area contributed by atoms with Crippen molar-refractivity contribution in [3.05, 3.63) is 30.7 Å². The third-order valence-electron chi connectivity index (χ3n) is 3.63. The fraction of sp³-hybridized carbons (Fsp3) is 0.357. The Hall–Kier alpha value is -2.17. The number of hydrogen-bond acceptors (Lipinski definition) is 4. The summed E-state index contributed by atoms with van der Waals surface area (Å²) in [7, 11) is 0. The highest BCUT2D eigenvalue weighted by atomic mass is 16.4. The molecule has 1 fully saturated rings. The summed E-state index contributed by atoms with van der Waals surface area (Å²) in [6, 6.07) is 3.81. The largest absolute Gasteiger partial charge is 0.481 e. The van der Waals surface area contributed by atoms with Crippen molar-refractivity contribution in [3.63, 3.8) is 0 Å². The minimum absolute atomic E-state index is 0.284. The van der Waals surface area contributed by atoms with E-state index in [-0.39, 0.29) is 5.92 Å². The molecule has 0 aromatic carbocycles. The van der Waals surface area contributed by atoms with Gasteiger partial charge in [0, 0.05) is 42.8 Å². The number of aliphatic carboxylic acids is 1. The van der Waals surface area contributed by atoms with Gasteiger partial charge in [0.2, 0.25) is 0 Å². The first-order valence-electron chi connectivity index (χ1n) is 6.42. The van der Waals surface area contributed by atoms with Gasteiger partial charge < -0.3 is 10.0 Å². The monoisotopic (exact) mass is 257 g/mol. The summed E-state index contributed by atoms with van der Waals surface area (Å²) < 4.78 is 0. The Bertz CT molecular complexity index is 609. The molecular weight excluding hydrogens is 242 g/mol. The number of rotatable bonds is 2. The highest BCUT2D eigenvalue weighted by Crippen LogP contribution is 2.28. The molecule has 1 aliphatic heterocycles. The second-order valence-electron chi connectivity index (χ2n) is 4.85. The van der Waals surface area contributed by atoms with Crippen LogP contribution in [0.4, 0.5) is 5.69 Å². The van der Waals surface area contributed by atoms with Gasteiger partial charge >= 0.3 is 5.97 Å². The van der Waals surface area contributed by atoms with Crippen LogP contribution in [0.5, 0.6) is 0 Å². The molecule has 3 heterocycles. The van der Waals surface area contributed by atoms with Gasteiger partial charge in [-0.25, -0.2) is 0 Å². The normalized spacial score (nSPS) is 19.6. The zero-order chi connectivity index (χ0) is 13.2. The summed E-state index contributed by atoms with van der Waals surface area (Å²) >= 11 is 0. The number of nitrogens with zero attached hydrogens (tertiary/aromatic N) is 3. The molecule has 0 bridgehead atoms. The van der Waals surface area contributed by atoms with Crippen molar-refractivity contribution in [2.24, 2.45) is 5.92 Å². The zero-order valence-electron chi connectivity index (χ0n) is 10.5. The molecule has 1 atom stereocenters. The number of anilines is 1. The third-order valence-corrected chi connectivity index (χ3v) is 3.63. The van der Waals surface area contributed by atoms with Crippen LogP contribution in [0.25, 0.3) is 10.9 Å². The van der Waals surface area contributed by atoms with Crippen molar-refractivity contribution in [2.45, 2.75) is 12.8 Å². The molecule has 2 aromatic rings. The molecule has 2 aromatic heterocycles. The average Bonchev–Trinajstić information content (AvgIpc) is 2.47. The van der Waals surface area contributed by atoms with E-state index in [9.17, 15) is 4.79 Å². The molecule has 0 amide bonds. The average molecular weight is 257 g/mol. The van der Waals surface area contributed by atoms with Crippen molar-refractivity contribution >= 4 is 22.6 Å². The van der Waals surface area contributed by atoms with Crippen LogP contribution in [-0.4, -0.2) is 34.1 Å². The van der Waals surface area contributed by atoms with Crippen molar-refractivity contribution in [1.29, 1.82) is 0 Å². The first-order chi connectivity index (χ1) is 9.25. The van der Waals surface area contributed by atoms with Crippen LogP contribution in [0, 0.1) is 5.92 Å². The maximum Gasteiger partial charge on any atom is 0.308 e. The fourth-order valence-corrected chi connectivity index (χ4v) is 2.65. The van der Waals surface area contributed by atoms with E-state index < -0.39 is 5.97 Å². The Morgan fingerprint density at radius 2 is 2.26 bits per heavy atom. The number of hydrogen-bond donors (Lipinski definition) is 1. The smallest absolute Gasteiger partial charge is 0.308 e. The summed E-state index contributed by atoms with van der Waals surface area (Å²) in [6.45, 7) is 1.45. The number of carboxylic acid groups (broad SMARTS) is 1. The van der Waals surface area contributed by atoms with Gasteiger partial charge in [-0.2, -0.15) is 0 Å². The second-order valence-corrected chi connectivity index (χ2v) is 4.85. The third kappa shape index (κ3) is 2.23. The summed E-state index contributed by atoms with van der Waals surface area (Å²) in [6.07, 6.45) is 6.94. The number of pyridine rings is 2. The van der Waals surface area contributed by atoms with Crippen LogP contribution in [0.3, 0.4) is 0 Å². The number of aromatic nitrogens is 2. The van der Waals surface area contributed by atoms with Crippen molar-refractivity contribution in [2.75, 3.05) is 18.0 Å². The van der Waals surface area contributed by atoms with Crippen LogP contribution in [-0.2, 0) is 4.79 Å². The molecule has 3 rings (SSSR count). The van der Waals surface area contributed by atoms with Gasteiger partial charge in [0.1, 0.15) is 0 Å². The molecule has 1 saturated heterocycles. The van der Waals surface area contributed by atoms with Gasteiger partial charge in [-0.15, -0.1) is 0 Å². The van der Waals surface area contributed by atoms with Gasteiger partial charge in [-0.3, -0.25) is 14.8 Å². The highest BCUT2D eigenvalue weighted by Gasteiger charge is 2.26. The van der Waals surface area contributed by atoms with Crippen LogP contribution in [0.1, 0.15) is 12.8 Å². The standard InChI is InChI=1S/C14H15N3O2/c18-14(19)10-2-1-7-17(9-10)13-4-6-16-12-3-5-15-8-11(12)13/h3-6,8,10H,1-2,7,9H2,(H,18,19). The lowest BCUT2D eigenvalue weighted by Gasteiger charge is -2.33. The molecule has 0 aliphatic carbocycles. The summed E-state index contributed by atoms with van der Waals surface area (Å²) in [5.41, 5.74) is 1.92. The lowest BCUT2D eigenvalue weighted by molar-refractivity contribution is -0.141. The Kier molecular flexibility index (Phi) is 3.03. The minimum atomic E-state index is -0.707. The first kappa shape index (κ1) is 11.9. The van der Waals surface area contributed by atoms with E-state index in [1.807, 2.05) is 12.1 Å². The van der Waals surface area contributed by atoms with Crippen LogP contribution in [0.2, 0.25) is 0 Å². The molecule has 1 unspecified atom stereocenters. The van der Waals surface area contributed by atoms with Gasteiger partial charge in [0.25, 0.3) is 0 Å². The van der Waals surface area contributed by atoms with Gasteiger partial charge in [0.05, 0.1) is 11.4 Å². The van der Waals surface area contributed by atoms with Crippen LogP contribution in [0.15, 0.2) is 30.7 Å². The van der Waals surface area contributed by atoms with Gasteiger partial charge in [-0.1, -0.05) is 0 Å². The molecular formula is C14H15N3O2. The topological polar surface area (TPSA) is 66.3 Å². The molecule has 0 spiro atoms. The van der Waals surface area contributed by atoms with E-state index in [2.05, 4.69) is 14.9 Å². The van der Waals surface area contributed by atoms with E-state index >= 15 is 0 Å². The Labute approximate surface area is 110 Å². The summed E-state index contributed by atoms with van der Waals surface area (Å²) in [4.78, 5) is 21.7. The van der Waals surface area contributed by atoms with E-state index in [1.54, 1.807) is 18.6 Å². The van der Waals surface area contributed by atoms with Crippen LogP contribution >= 0.6 is 0 Å². The zero-order valence-corrected chi connectivity index (χ0v) is 10.5. The highest BCUT2D eigenvalue weighted by molar-refractivity contribution is 5.91. The van der Waals surface area contributed by atoms with Gasteiger partial charge in [0.15, 0.2) is 0 Å². The Morgan fingerprint density at radius 1 is 1.37 bits per heavy atom. The summed E-state index contributed by atoms with van der Waals surface area (Å²) in [5.74, 6) is -0.991. The Morgan fingerprint density at radius 3 is 3.11 bits per heavy atom.